The standard InChI is InChI=1S/C23H28N4O/c1-5-27(16-19-9-7-6-8-10-19)23-24-18(4)15-22(26-23)25-20-11-13-21(14-12-20)28-17(2)3/h6-15,17H,5,16H2,1-4H3,(H,24,25,26). The van der Waals surface area contributed by atoms with E-state index in [9.17, 15) is 0 Å². The molecule has 0 radical (unpaired) electrons. The molecule has 0 saturated heterocycles. The van der Waals surface area contributed by atoms with E-state index in [2.05, 4.69) is 46.4 Å². The molecule has 0 unspecified atom stereocenters. The van der Waals surface area contributed by atoms with Crippen molar-refractivity contribution < 1.29 is 4.74 Å². The number of nitrogens with one attached hydrogen (secondary N) is 1. The minimum absolute atomic E-state index is 0.163. The van der Waals surface area contributed by atoms with Crippen LogP contribution in [0, 0.1) is 6.92 Å². The van der Waals surface area contributed by atoms with Gasteiger partial charge in [0.2, 0.25) is 5.95 Å². The lowest BCUT2D eigenvalue weighted by Crippen LogP contribution is -2.24. The summed E-state index contributed by atoms with van der Waals surface area (Å²) in [6, 6.07) is 20.3. The Hall–Kier alpha value is -3.08. The summed E-state index contributed by atoms with van der Waals surface area (Å²) in [5, 5.41) is 3.38. The molecule has 146 valence electrons. The third-order valence-corrected chi connectivity index (χ3v) is 4.22. The summed E-state index contributed by atoms with van der Waals surface area (Å²) in [6.07, 6.45) is 0.163. The fourth-order valence-corrected chi connectivity index (χ4v) is 2.92. The topological polar surface area (TPSA) is 50.3 Å². The number of aryl methyl sites for hydroxylation is 1. The van der Waals surface area contributed by atoms with Crippen LogP contribution in [0.4, 0.5) is 17.5 Å². The van der Waals surface area contributed by atoms with Crippen LogP contribution in [0.5, 0.6) is 5.75 Å². The third kappa shape index (κ3) is 5.46. The Labute approximate surface area is 167 Å². The van der Waals surface area contributed by atoms with E-state index < -0.39 is 0 Å². The first kappa shape index (κ1) is 19.7. The second-order valence-corrected chi connectivity index (χ2v) is 7.01. The summed E-state index contributed by atoms with van der Waals surface area (Å²) in [5.41, 5.74) is 3.13. The summed E-state index contributed by atoms with van der Waals surface area (Å²) in [7, 11) is 0. The van der Waals surface area contributed by atoms with Gasteiger partial charge in [-0.15, -0.1) is 0 Å². The largest absolute Gasteiger partial charge is 0.491 e. The second kappa shape index (κ2) is 9.22. The van der Waals surface area contributed by atoms with Gasteiger partial charge in [0.05, 0.1) is 6.10 Å². The van der Waals surface area contributed by atoms with Gasteiger partial charge in [0, 0.05) is 30.5 Å². The normalized spacial score (nSPS) is 10.8. The van der Waals surface area contributed by atoms with Gasteiger partial charge in [-0.2, -0.15) is 4.98 Å². The zero-order chi connectivity index (χ0) is 19.9. The highest BCUT2D eigenvalue weighted by molar-refractivity contribution is 5.58. The highest BCUT2D eigenvalue weighted by atomic mass is 16.5. The molecule has 0 fully saturated rings. The van der Waals surface area contributed by atoms with Gasteiger partial charge in [0.1, 0.15) is 11.6 Å². The average molecular weight is 377 g/mol. The van der Waals surface area contributed by atoms with Crippen LogP contribution in [-0.4, -0.2) is 22.6 Å². The molecule has 1 heterocycles. The van der Waals surface area contributed by atoms with E-state index in [0.717, 1.165) is 42.0 Å². The predicted molar refractivity (Wildman–Crippen MR) is 115 cm³/mol. The zero-order valence-electron chi connectivity index (χ0n) is 17.0. The first-order chi connectivity index (χ1) is 13.5. The molecule has 0 amide bonds. The lowest BCUT2D eigenvalue weighted by Gasteiger charge is -2.22. The van der Waals surface area contributed by atoms with Crippen LogP contribution in [0.3, 0.4) is 0 Å². The Bertz CT molecular complexity index is 879. The highest BCUT2D eigenvalue weighted by Crippen LogP contribution is 2.22. The van der Waals surface area contributed by atoms with Gasteiger partial charge in [-0.05, 0) is 57.5 Å². The van der Waals surface area contributed by atoms with Gasteiger partial charge >= 0.3 is 0 Å². The molecule has 0 aliphatic heterocycles. The van der Waals surface area contributed by atoms with Crippen molar-refractivity contribution in [1.29, 1.82) is 0 Å². The molecule has 1 aromatic heterocycles. The highest BCUT2D eigenvalue weighted by Gasteiger charge is 2.11. The van der Waals surface area contributed by atoms with Crippen molar-refractivity contribution in [2.75, 3.05) is 16.8 Å². The van der Waals surface area contributed by atoms with E-state index in [1.807, 2.05) is 57.2 Å². The van der Waals surface area contributed by atoms with Crippen molar-refractivity contribution >= 4 is 17.5 Å². The van der Waals surface area contributed by atoms with Crippen LogP contribution in [0.1, 0.15) is 32.0 Å². The molecule has 28 heavy (non-hydrogen) atoms. The van der Waals surface area contributed by atoms with Gasteiger partial charge in [0.15, 0.2) is 0 Å². The molecule has 3 aromatic rings. The van der Waals surface area contributed by atoms with E-state index in [4.69, 9.17) is 9.72 Å². The maximum absolute atomic E-state index is 5.70. The zero-order valence-corrected chi connectivity index (χ0v) is 17.0. The summed E-state index contributed by atoms with van der Waals surface area (Å²) in [6.45, 7) is 9.76. The van der Waals surface area contributed by atoms with Crippen LogP contribution in [-0.2, 0) is 6.54 Å². The molecule has 3 rings (SSSR count). The van der Waals surface area contributed by atoms with Crippen molar-refractivity contribution in [3.05, 3.63) is 71.9 Å². The molecule has 0 spiro atoms. The van der Waals surface area contributed by atoms with Crippen LogP contribution in [0.25, 0.3) is 0 Å². The Morgan fingerprint density at radius 1 is 1.00 bits per heavy atom. The molecule has 5 nitrogen and oxygen atoms in total. The molecule has 0 aliphatic carbocycles. The number of anilines is 3. The number of benzene rings is 2. The fraction of sp³-hybridized carbons (Fsp3) is 0.304. The minimum atomic E-state index is 0.163. The summed E-state index contributed by atoms with van der Waals surface area (Å²) in [5.74, 6) is 2.38. The fourth-order valence-electron chi connectivity index (χ4n) is 2.92. The second-order valence-electron chi connectivity index (χ2n) is 7.01. The summed E-state index contributed by atoms with van der Waals surface area (Å²) in [4.78, 5) is 11.6. The van der Waals surface area contributed by atoms with Crippen molar-refractivity contribution in [2.24, 2.45) is 0 Å². The number of ether oxygens (including phenoxy) is 1. The Kier molecular flexibility index (Phi) is 6.48. The molecular weight excluding hydrogens is 348 g/mol. The van der Waals surface area contributed by atoms with Gasteiger partial charge in [0.25, 0.3) is 0 Å². The Morgan fingerprint density at radius 2 is 1.71 bits per heavy atom. The van der Waals surface area contributed by atoms with Crippen molar-refractivity contribution in [1.82, 2.24) is 9.97 Å². The number of hydrogen-bond acceptors (Lipinski definition) is 5. The van der Waals surface area contributed by atoms with E-state index in [1.54, 1.807) is 0 Å². The molecule has 2 aromatic carbocycles. The first-order valence-electron chi connectivity index (χ1n) is 9.72. The van der Waals surface area contributed by atoms with E-state index in [0.29, 0.717) is 0 Å². The number of hydrogen-bond donors (Lipinski definition) is 1. The molecule has 0 bridgehead atoms. The van der Waals surface area contributed by atoms with Crippen LogP contribution in [0.15, 0.2) is 60.7 Å². The molecule has 5 heteroatoms. The smallest absolute Gasteiger partial charge is 0.227 e. The number of aromatic nitrogens is 2. The van der Waals surface area contributed by atoms with Gasteiger partial charge in [-0.1, -0.05) is 30.3 Å². The number of nitrogens with zero attached hydrogens (tertiary/aromatic N) is 3. The Balaban J connectivity index is 1.76. The van der Waals surface area contributed by atoms with Crippen LogP contribution < -0.4 is 15.0 Å². The van der Waals surface area contributed by atoms with Gasteiger partial charge in [-0.3, -0.25) is 0 Å². The summed E-state index contributed by atoms with van der Waals surface area (Å²) >= 11 is 0. The quantitative estimate of drug-likeness (QED) is 0.575. The van der Waals surface area contributed by atoms with Gasteiger partial charge in [-0.25, -0.2) is 4.98 Å². The van der Waals surface area contributed by atoms with Crippen LogP contribution >= 0.6 is 0 Å². The van der Waals surface area contributed by atoms with Crippen LogP contribution in [0.2, 0.25) is 0 Å². The maximum atomic E-state index is 5.70. The lowest BCUT2D eigenvalue weighted by atomic mass is 10.2. The average Bonchev–Trinajstić information content (AvgIpc) is 2.67. The maximum Gasteiger partial charge on any atom is 0.227 e. The molecule has 0 aliphatic rings. The van der Waals surface area contributed by atoms with Crippen molar-refractivity contribution in [3.63, 3.8) is 0 Å². The molecule has 0 atom stereocenters. The summed E-state index contributed by atoms with van der Waals surface area (Å²) < 4.78 is 5.70. The van der Waals surface area contributed by atoms with Gasteiger partial charge < -0.3 is 15.0 Å². The molecule has 0 saturated carbocycles. The minimum Gasteiger partial charge on any atom is -0.491 e. The SMILES string of the molecule is CCN(Cc1ccccc1)c1nc(C)cc(Nc2ccc(OC(C)C)cc2)n1. The monoisotopic (exact) mass is 376 g/mol. The van der Waals surface area contributed by atoms with E-state index >= 15 is 0 Å². The predicted octanol–water partition coefficient (Wildman–Crippen LogP) is 5.34. The van der Waals surface area contributed by atoms with Crippen molar-refractivity contribution in [2.45, 2.75) is 40.3 Å². The first-order valence-corrected chi connectivity index (χ1v) is 9.72. The van der Waals surface area contributed by atoms with E-state index in [1.165, 1.54) is 5.56 Å². The Morgan fingerprint density at radius 3 is 2.36 bits per heavy atom. The molecular formula is C23H28N4O. The van der Waals surface area contributed by atoms with E-state index in [-0.39, 0.29) is 6.10 Å². The lowest BCUT2D eigenvalue weighted by molar-refractivity contribution is 0.242. The molecule has 1 N–H and O–H groups in total. The van der Waals surface area contributed by atoms with Crippen molar-refractivity contribution in [3.8, 4) is 5.75 Å². The third-order valence-electron chi connectivity index (χ3n) is 4.22. The number of rotatable bonds is 8.